The van der Waals surface area contributed by atoms with E-state index >= 15 is 0 Å². The van der Waals surface area contributed by atoms with E-state index in [0.717, 1.165) is 17.7 Å². The predicted molar refractivity (Wildman–Crippen MR) is 112 cm³/mol. The van der Waals surface area contributed by atoms with E-state index in [0.29, 0.717) is 22.6 Å². The Hall–Kier alpha value is -2.62. The molecule has 28 heavy (non-hydrogen) atoms. The lowest BCUT2D eigenvalue weighted by Crippen LogP contribution is -2.34. The fourth-order valence-corrected chi connectivity index (χ4v) is 4.23. The third kappa shape index (κ3) is 6.22. The van der Waals surface area contributed by atoms with Gasteiger partial charge in [-0.25, -0.2) is 0 Å². The summed E-state index contributed by atoms with van der Waals surface area (Å²) in [5.41, 5.74) is 3.41. The molecule has 146 valence electrons. The molecule has 2 aromatic rings. The number of hydrogen-bond acceptors (Lipinski definition) is 8. The molecule has 1 amide bonds. The Labute approximate surface area is 173 Å². The van der Waals surface area contributed by atoms with E-state index < -0.39 is 0 Å². The lowest BCUT2D eigenvalue weighted by atomic mass is 10.1. The molecule has 0 aliphatic rings. The minimum absolute atomic E-state index is 0.104. The zero-order valence-corrected chi connectivity index (χ0v) is 17.6. The van der Waals surface area contributed by atoms with Crippen molar-refractivity contribution in [1.29, 1.82) is 10.5 Å². The van der Waals surface area contributed by atoms with E-state index in [1.165, 1.54) is 28.7 Å². The van der Waals surface area contributed by atoms with Gasteiger partial charge < -0.3 is 10.2 Å². The van der Waals surface area contributed by atoms with Gasteiger partial charge >= 0.3 is 0 Å². The van der Waals surface area contributed by atoms with E-state index in [2.05, 4.69) is 28.5 Å². The Balaban J connectivity index is 1.96. The number of benzene rings is 1. The van der Waals surface area contributed by atoms with E-state index in [-0.39, 0.29) is 24.5 Å². The van der Waals surface area contributed by atoms with Gasteiger partial charge in [0.25, 0.3) is 0 Å². The van der Waals surface area contributed by atoms with Crippen molar-refractivity contribution in [2.24, 2.45) is 0 Å². The van der Waals surface area contributed by atoms with Gasteiger partial charge in [-0.1, -0.05) is 48.2 Å². The average Bonchev–Trinajstić information content (AvgIpc) is 3.15. The first kappa shape index (κ1) is 21.7. The van der Waals surface area contributed by atoms with Gasteiger partial charge in [0.15, 0.2) is 4.34 Å². The number of carbonyl (C=O) groups is 1. The smallest absolute Gasteiger partial charge is 0.233 e. The molecular formula is C19H22N6OS2. The van der Waals surface area contributed by atoms with Gasteiger partial charge in [-0.2, -0.15) is 10.5 Å². The zero-order chi connectivity index (χ0) is 20.4. The molecule has 0 spiro atoms. The largest absolute Gasteiger partial charge is 0.340 e. The van der Waals surface area contributed by atoms with Crippen molar-refractivity contribution in [3.05, 3.63) is 29.3 Å². The number of aromatic nitrogens is 2. The zero-order valence-electron chi connectivity index (χ0n) is 15.9. The van der Waals surface area contributed by atoms with Crippen LogP contribution in [0.1, 0.15) is 30.9 Å². The van der Waals surface area contributed by atoms with Crippen molar-refractivity contribution >= 4 is 39.8 Å². The first-order valence-corrected chi connectivity index (χ1v) is 10.7. The molecule has 0 aliphatic heterocycles. The number of rotatable bonds is 10. The molecule has 1 aromatic heterocycles. The van der Waals surface area contributed by atoms with Gasteiger partial charge in [0.1, 0.15) is 0 Å². The first-order chi connectivity index (χ1) is 13.6. The van der Waals surface area contributed by atoms with Crippen LogP contribution in [-0.2, 0) is 11.2 Å². The number of carbonyl (C=O) groups excluding carboxylic acids is 1. The number of nitriles is 2. The maximum absolute atomic E-state index is 12.4. The summed E-state index contributed by atoms with van der Waals surface area (Å²) in [6.45, 7) is 4.84. The average molecular weight is 415 g/mol. The summed E-state index contributed by atoms with van der Waals surface area (Å²) in [6.07, 6.45) is 1.43. The molecule has 0 bridgehead atoms. The van der Waals surface area contributed by atoms with Crippen molar-refractivity contribution in [3.8, 4) is 12.1 Å². The van der Waals surface area contributed by atoms with Gasteiger partial charge in [-0.05, 0) is 24.5 Å². The minimum atomic E-state index is -0.104. The standard InChI is InChI=1S/C19H22N6OS2/c1-3-15-8-4-7-14(2)17(15)22-18-23-24-19(28-18)27-13-16(26)25(11-5-9-20)12-6-10-21/h4,7-8H,3,5-6,11-13H2,1-2H3,(H,22,23). The van der Waals surface area contributed by atoms with Crippen LogP contribution in [0.4, 0.5) is 10.8 Å². The van der Waals surface area contributed by atoms with E-state index in [1.807, 2.05) is 31.2 Å². The molecule has 2 rings (SSSR count). The highest BCUT2D eigenvalue weighted by molar-refractivity contribution is 8.01. The van der Waals surface area contributed by atoms with Crippen LogP contribution in [0.5, 0.6) is 0 Å². The molecule has 1 N–H and O–H groups in total. The summed E-state index contributed by atoms with van der Waals surface area (Å²) in [7, 11) is 0. The summed E-state index contributed by atoms with van der Waals surface area (Å²) >= 11 is 2.72. The van der Waals surface area contributed by atoms with Crippen LogP contribution in [0.15, 0.2) is 22.5 Å². The highest BCUT2D eigenvalue weighted by atomic mass is 32.2. The number of hydrogen-bond donors (Lipinski definition) is 1. The van der Waals surface area contributed by atoms with Crippen LogP contribution in [0.2, 0.25) is 0 Å². The maximum atomic E-state index is 12.4. The first-order valence-electron chi connectivity index (χ1n) is 8.92. The second-order valence-electron chi connectivity index (χ2n) is 5.95. The Morgan fingerprint density at radius 2 is 1.96 bits per heavy atom. The van der Waals surface area contributed by atoms with Crippen LogP contribution < -0.4 is 5.32 Å². The Bertz CT molecular complexity index is 865. The molecule has 0 saturated heterocycles. The Kier molecular flexibility index (Phi) is 8.73. The molecular weight excluding hydrogens is 392 g/mol. The van der Waals surface area contributed by atoms with Gasteiger partial charge in [-0.3, -0.25) is 4.79 Å². The summed E-state index contributed by atoms with van der Waals surface area (Å²) < 4.78 is 0.697. The topological polar surface area (TPSA) is 106 Å². The number of anilines is 2. The second kappa shape index (κ2) is 11.3. The molecule has 0 fully saturated rings. The van der Waals surface area contributed by atoms with Crippen molar-refractivity contribution in [2.75, 3.05) is 24.2 Å². The lowest BCUT2D eigenvalue weighted by molar-refractivity contribution is -0.128. The molecule has 7 nitrogen and oxygen atoms in total. The van der Waals surface area contributed by atoms with Gasteiger partial charge in [0.2, 0.25) is 11.0 Å². The molecule has 0 aliphatic carbocycles. The summed E-state index contributed by atoms with van der Waals surface area (Å²) in [6, 6.07) is 10.2. The molecule has 9 heteroatoms. The second-order valence-corrected chi connectivity index (χ2v) is 8.15. The Morgan fingerprint density at radius 1 is 1.25 bits per heavy atom. The van der Waals surface area contributed by atoms with E-state index in [4.69, 9.17) is 10.5 Å². The van der Waals surface area contributed by atoms with Crippen LogP contribution in [0, 0.1) is 29.6 Å². The van der Waals surface area contributed by atoms with Crippen molar-refractivity contribution < 1.29 is 4.79 Å². The highest BCUT2D eigenvalue weighted by Crippen LogP contribution is 2.30. The number of para-hydroxylation sites is 1. The summed E-state index contributed by atoms with van der Waals surface area (Å²) in [5.74, 6) is 0.100. The third-order valence-electron chi connectivity index (χ3n) is 4.04. The van der Waals surface area contributed by atoms with Gasteiger partial charge in [-0.15, -0.1) is 10.2 Å². The van der Waals surface area contributed by atoms with E-state index in [9.17, 15) is 4.79 Å². The Morgan fingerprint density at radius 3 is 2.61 bits per heavy atom. The van der Waals surface area contributed by atoms with Gasteiger partial charge in [0.05, 0.1) is 30.7 Å². The monoisotopic (exact) mass is 414 g/mol. The molecule has 0 atom stereocenters. The number of aryl methyl sites for hydroxylation is 2. The number of nitrogens with zero attached hydrogens (tertiary/aromatic N) is 5. The minimum Gasteiger partial charge on any atom is -0.340 e. The molecule has 0 saturated carbocycles. The summed E-state index contributed by atoms with van der Waals surface area (Å²) in [5, 5.41) is 29.8. The quantitative estimate of drug-likeness (QED) is 0.588. The number of nitrogens with one attached hydrogen (secondary N) is 1. The number of amides is 1. The van der Waals surface area contributed by atoms with Crippen LogP contribution >= 0.6 is 23.1 Å². The molecule has 1 heterocycles. The van der Waals surface area contributed by atoms with Gasteiger partial charge in [0, 0.05) is 18.8 Å². The SMILES string of the molecule is CCc1cccc(C)c1Nc1nnc(SCC(=O)N(CCC#N)CCC#N)s1. The normalized spacial score (nSPS) is 10.1. The molecule has 0 unspecified atom stereocenters. The number of thioether (sulfide) groups is 1. The fraction of sp³-hybridized carbons (Fsp3) is 0.421. The van der Waals surface area contributed by atoms with E-state index in [1.54, 1.807) is 4.90 Å². The fourth-order valence-electron chi connectivity index (χ4n) is 2.57. The summed E-state index contributed by atoms with van der Waals surface area (Å²) in [4.78, 5) is 13.9. The van der Waals surface area contributed by atoms with Crippen LogP contribution in [0.25, 0.3) is 0 Å². The molecule has 0 radical (unpaired) electrons. The van der Waals surface area contributed by atoms with Crippen molar-refractivity contribution in [1.82, 2.24) is 15.1 Å². The van der Waals surface area contributed by atoms with Crippen molar-refractivity contribution in [3.63, 3.8) is 0 Å². The lowest BCUT2D eigenvalue weighted by Gasteiger charge is -2.19. The maximum Gasteiger partial charge on any atom is 0.233 e. The molecule has 1 aromatic carbocycles. The van der Waals surface area contributed by atoms with Crippen LogP contribution in [0.3, 0.4) is 0 Å². The van der Waals surface area contributed by atoms with Crippen LogP contribution in [-0.4, -0.2) is 39.8 Å². The highest BCUT2D eigenvalue weighted by Gasteiger charge is 2.15. The van der Waals surface area contributed by atoms with Crippen molar-refractivity contribution in [2.45, 2.75) is 37.4 Å². The predicted octanol–water partition coefficient (Wildman–Crippen LogP) is 3.90. The third-order valence-corrected chi connectivity index (χ3v) is 5.99.